The Morgan fingerprint density at radius 2 is 2.14 bits per heavy atom. The van der Waals surface area contributed by atoms with Crippen LogP contribution >= 0.6 is 0 Å². The average molecular weight is 196 g/mol. The van der Waals surface area contributed by atoms with E-state index >= 15 is 0 Å². The fourth-order valence-corrected chi connectivity index (χ4v) is 1.74. The van der Waals surface area contributed by atoms with Crippen LogP contribution in [0.15, 0.2) is 12.2 Å². The second-order valence-electron chi connectivity index (χ2n) is 4.53. The SMILES string of the molecule is CN1C[C@](C)(N(C)C)CCC=CC1=O. The van der Waals surface area contributed by atoms with Crippen LogP contribution in [-0.4, -0.2) is 48.9 Å². The highest BCUT2D eigenvalue weighted by Crippen LogP contribution is 2.21. The number of nitrogens with zero attached hydrogens (tertiary/aromatic N) is 2. The van der Waals surface area contributed by atoms with E-state index < -0.39 is 0 Å². The lowest BCUT2D eigenvalue weighted by molar-refractivity contribution is -0.126. The van der Waals surface area contributed by atoms with Crippen molar-refractivity contribution in [1.29, 1.82) is 0 Å². The minimum atomic E-state index is 0.0924. The van der Waals surface area contributed by atoms with Crippen molar-refractivity contribution in [2.24, 2.45) is 0 Å². The zero-order valence-electron chi connectivity index (χ0n) is 9.58. The van der Waals surface area contributed by atoms with Crippen LogP contribution in [0.25, 0.3) is 0 Å². The fourth-order valence-electron chi connectivity index (χ4n) is 1.74. The Balaban J connectivity index is 2.82. The van der Waals surface area contributed by atoms with Gasteiger partial charge in [-0.1, -0.05) is 6.08 Å². The van der Waals surface area contributed by atoms with Crippen molar-refractivity contribution >= 4 is 5.91 Å². The van der Waals surface area contributed by atoms with Crippen LogP contribution in [-0.2, 0) is 4.79 Å². The average Bonchev–Trinajstić information content (AvgIpc) is 2.10. The van der Waals surface area contributed by atoms with Gasteiger partial charge in [-0.2, -0.15) is 0 Å². The maximum absolute atomic E-state index is 11.5. The van der Waals surface area contributed by atoms with Crippen molar-refractivity contribution in [3.05, 3.63) is 12.2 Å². The number of carbonyl (C=O) groups is 1. The van der Waals surface area contributed by atoms with Gasteiger partial charge in [0.2, 0.25) is 5.91 Å². The van der Waals surface area contributed by atoms with E-state index in [1.807, 2.05) is 13.1 Å². The highest BCUT2D eigenvalue weighted by Gasteiger charge is 2.29. The quantitative estimate of drug-likeness (QED) is 0.627. The Hall–Kier alpha value is -0.830. The van der Waals surface area contributed by atoms with Gasteiger partial charge >= 0.3 is 0 Å². The van der Waals surface area contributed by atoms with Gasteiger partial charge in [0.15, 0.2) is 0 Å². The Labute approximate surface area is 86.4 Å². The standard InChI is InChI=1S/C11H20N2O/c1-11(12(2)3)8-6-5-7-10(14)13(4)9-11/h5,7H,6,8-9H2,1-4H3/t11-/m1/s1. The number of rotatable bonds is 1. The van der Waals surface area contributed by atoms with Crippen LogP contribution < -0.4 is 0 Å². The van der Waals surface area contributed by atoms with E-state index in [0.29, 0.717) is 0 Å². The summed E-state index contributed by atoms with van der Waals surface area (Å²) in [7, 11) is 6.01. The van der Waals surface area contributed by atoms with Gasteiger partial charge in [-0.25, -0.2) is 0 Å². The first-order chi connectivity index (χ1) is 6.46. The van der Waals surface area contributed by atoms with Crippen molar-refractivity contribution < 1.29 is 4.79 Å². The van der Waals surface area contributed by atoms with Crippen LogP contribution in [0.3, 0.4) is 0 Å². The van der Waals surface area contributed by atoms with Gasteiger partial charge < -0.3 is 9.80 Å². The molecule has 3 heteroatoms. The van der Waals surface area contributed by atoms with E-state index in [4.69, 9.17) is 0 Å². The number of likely N-dealkylation sites (N-methyl/N-ethyl adjacent to an activating group) is 2. The molecule has 14 heavy (non-hydrogen) atoms. The van der Waals surface area contributed by atoms with E-state index in [-0.39, 0.29) is 11.4 Å². The summed E-state index contributed by atoms with van der Waals surface area (Å²) in [5, 5.41) is 0. The van der Waals surface area contributed by atoms with Crippen molar-refractivity contribution in [3.63, 3.8) is 0 Å². The first-order valence-corrected chi connectivity index (χ1v) is 5.05. The van der Waals surface area contributed by atoms with Crippen LogP contribution in [0.4, 0.5) is 0 Å². The van der Waals surface area contributed by atoms with Crippen molar-refractivity contribution in [1.82, 2.24) is 9.80 Å². The van der Waals surface area contributed by atoms with Crippen molar-refractivity contribution in [2.45, 2.75) is 25.3 Å². The summed E-state index contributed by atoms with van der Waals surface area (Å²) in [5.74, 6) is 0.109. The summed E-state index contributed by atoms with van der Waals surface area (Å²) in [5.41, 5.74) is 0.0924. The van der Waals surface area contributed by atoms with E-state index in [1.165, 1.54) is 0 Å². The molecule has 0 fully saturated rings. The lowest BCUT2D eigenvalue weighted by Gasteiger charge is -2.40. The summed E-state index contributed by atoms with van der Waals surface area (Å²) in [4.78, 5) is 15.5. The molecule has 0 unspecified atom stereocenters. The smallest absolute Gasteiger partial charge is 0.246 e. The van der Waals surface area contributed by atoms with Crippen LogP contribution in [0, 0.1) is 0 Å². The van der Waals surface area contributed by atoms with Crippen LogP contribution in [0.2, 0.25) is 0 Å². The molecule has 0 saturated heterocycles. The minimum absolute atomic E-state index is 0.0924. The van der Waals surface area contributed by atoms with E-state index in [2.05, 4.69) is 25.9 Å². The predicted molar refractivity (Wildman–Crippen MR) is 58.1 cm³/mol. The van der Waals surface area contributed by atoms with Crippen LogP contribution in [0.1, 0.15) is 19.8 Å². The molecule has 1 rings (SSSR count). The minimum Gasteiger partial charge on any atom is -0.340 e. The summed E-state index contributed by atoms with van der Waals surface area (Å²) < 4.78 is 0. The van der Waals surface area contributed by atoms with E-state index in [0.717, 1.165) is 19.4 Å². The molecule has 0 spiro atoms. The molecule has 1 aliphatic heterocycles. The summed E-state index contributed by atoms with van der Waals surface area (Å²) in [6.45, 7) is 3.00. The number of amides is 1. The first kappa shape index (κ1) is 11.2. The Morgan fingerprint density at radius 1 is 1.50 bits per heavy atom. The highest BCUT2D eigenvalue weighted by molar-refractivity contribution is 5.87. The van der Waals surface area contributed by atoms with Crippen molar-refractivity contribution in [2.75, 3.05) is 27.7 Å². The molecule has 0 aromatic carbocycles. The normalized spacial score (nSPS) is 29.2. The lowest BCUT2D eigenvalue weighted by Crippen LogP contribution is -2.51. The molecule has 1 atom stereocenters. The molecule has 1 heterocycles. The molecule has 1 aliphatic rings. The summed E-state index contributed by atoms with van der Waals surface area (Å²) >= 11 is 0. The van der Waals surface area contributed by atoms with Gasteiger partial charge in [-0.15, -0.1) is 0 Å². The fraction of sp³-hybridized carbons (Fsp3) is 0.727. The summed E-state index contributed by atoms with van der Waals surface area (Å²) in [6.07, 6.45) is 5.72. The number of carbonyl (C=O) groups excluding carboxylic acids is 1. The van der Waals surface area contributed by atoms with Gasteiger partial charge in [0.05, 0.1) is 0 Å². The monoisotopic (exact) mass is 196 g/mol. The van der Waals surface area contributed by atoms with Crippen LogP contribution in [0.5, 0.6) is 0 Å². The Kier molecular flexibility index (Phi) is 3.32. The van der Waals surface area contributed by atoms with Gasteiger partial charge in [0.1, 0.15) is 0 Å². The molecule has 0 N–H and O–H groups in total. The largest absolute Gasteiger partial charge is 0.340 e. The number of hydrogen-bond acceptors (Lipinski definition) is 2. The lowest BCUT2D eigenvalue weighted by atomic mass is 9.92. The molecule has 3 nitrogen and oxygen atoms in total. The van der Waals surface area contributed by atoms with Gasteiger partial charge in [0.25, 0.3) is 0 Å². The molecule has 80 valence electrons. The molecule has 0 radical (unpaired) electrons. The van der Waals surface area contributed by atoms with Gasteiger partial charge in [-0.05, 0) is 39.9 Å². The third kappa shape index (κ3) is 2.35. The molecular formula is C11H20N2O. The Bertz CT molecular complexity index is 248. The van der Waals surface area contributed by atoms with E-state index in [9.17, 15) is 4.79 Å². The summed E-state index contributed by atoms with van der Waals surface area (Å²) in [6, 6.07) is 0. The molecule has 0 aromatic rings. The first-order valence-electron chi connectivity index (χ1n) is 5.05. The maximum Gasteiger partial charge on any atom is 0.246 e. The molecular weight excluding hydrogens is 176 g/mol. The molecule has 0 aliphatic carbocycles. The third-order valence-corrected chi connectivity index (χ3v) is 3.14. The maximum atomic E-state index is 11.5. The molecule has 0 saturated carbocycles. The van der Waals surface area contributed by atoms with Gasteiger partial charge in [-0.3, -0.25) is 4.79 Å². The zero-order chi connectivity index (χ0) is 10.8. The third-order valence-electron chi connectivity index (χ3n) is 3.14. The number of allylic oxidation sites excluding steroid dienone is 1. The van der Waals surface area contributed by atoms with E-state index in [1.54, 1.807) is 11.0 Å². The molecule has 1 amide bonds. The topological polar surface area (TPSA) is 23.6 Å². The Morgan fingerprint density at radius 3 is 2.71 bits per heavy atom. The molecule has 0 aromatic heterocycles. The molecule has 0 bridgehead atoms. The zero-order valence-corrected chi connectivity index (χ0v) is 9.58. The van der Waals surface area contributed by atoms with Crippen molar-refractivity contribution in [3.8, 4) is 0 Å². The second kappa shape index (κ2) is 4.13. The predicted octanol–water partition coefficient (Wildman–Crippen LogP) is 1.12. The second-order valence-corrected chi connectivity index (χ2v) is 4.53. The highest BCUT2D eigenvalue weighted by atomic mass is 16.2. The number of hydrogen-bond donors (Lipinski definition) is 0. The van der Waals surface area contributed by atoms with Gasteiger partial charge in [0, 0.05) is 19.1 Å².